The Labute approximate surface area is 166 Å². The van der Waals surface area contributed by atoms with Gasteiger partial charge in [0.15, 0.2) is 0 Å². The Kier molecular flexibility index (Phi) is 7.83. The zero-order chi connectivity index (χ0) is 20.6. The number of benzene rings is 2. The number of anilines is 2. The number of hydrogen-bond acceptors (Lipinski definition) is 5. The van der Waals surface area contributed by atoms with Crippen LogP contribution in [0, 0.1) is 0 Å². The first-order valence-electron chi connectivity index (χ1n) is 9.15. The third kappa shape index (κ3) is 6.86. The maximum atomic E-state index is 12.5. The molecule has 2 N–H and O–H groups in total. The van der Waals surface area contributed by atoms with E-state index in [9.17, 15) is 13.2 Å². The predicted octanol–water partition coefficient (Wildman–Crippen LogP) is 3.03. The quantitative estimate of drug-likeness (QED) is 0.634. The van der Waals surface area contributed by atoms with Crippen LogP contribution in [0.25, 0.3) is 0 Å². The fourth-order valence-electron chi connectivity index (χ4n) is 2.64. The molecule has 0 aliphatic heterocycles. The molecule has 8 heteroatoms. The summed E-state index contributed by atoms with van der Waals surface area (Å²) in [7, 11) is -3.48. The first-order valence-corrected chi connectivity index (χ1v) is 11.0. The molecule has 0 heterocycles. The average molecular weight is 406 g/mol. The number of hydrogen-bond donors (Lipinski definition) is 2. The molecule has 0 unspecified atom stereocenters. The van der Waals surface area contributed by atoms with Gasteiger partial charge in [0.25, 0.3) is 5.91 Å². The van der Waals surface area contributed by atoms with Crippen LogP contribution in [0.5, 0.6) is 5.75 Å². The maximum Gasteiger partial charge on any atom is 0.257 e. The van der Waals surface area contributed by atoms with Crippen molar-refractivity contribution >= 4 is 27.3 Å². The highest BCUT2D eigenvalue weighted by Crippen LogP contribution is 2.20. The van der Waals surface area contributed by atoms with Crippen LogP contribution >= 0.6 is 0 Å². The molecule has 0 fully saturated rings. The second-order valence-corrected chi connectivity index (χ2v) is 8.02. The zero-order valence-corrected chi connectivity index (χ0v) is 17.3. The Morgan fingerprint density at radius 1 is 1.04 bits per heavy atom. The molecule has 0 atom stereocenters. The molecule has 0 aromatic heterocycles. The molecule has 0 aliphatic carbocycles. The fraction of sp³-hybridized carbons (Fsp3) is 0.350. The molecule has 7 nitrogen and oxygen atoms in total. The number of carbonyl (C=O) groups excluding carboxylic acids is 1. The van der Waals surface area contributed by atoms with Crippen LogP contribution in [-0.2, 0) is 10.0 Å². The van der Waals surface area contributed by atoms with E-state index >= 15 is 0 Å². The summed E-state index contributed by atoms with van der Waals surface area (Å²) in [4.78, 5) is 14.8. The number of amides is 1. The largest absolute Gasteiger partial charge is 0.492 e. The van der Waals surface area contributed by atoms with E-state index in [1.807, 2.05) is 0 Å². The molecule has 152 valence electrons. The Hall–Kier alpha value is -2.58. The lowest BCUT2D eigenvalue weighted by molar-refractivity contribution is 0.102. The molecule has 0 aliphatic rings. The van der Waals surface area contributed by atoms with Crippen LogP contribution in [0.2, 0.25) is 0 Å². The SMILES string of the molecule is CCN(CC)CCOc1ccc(NC(=O)c2ccccc2NS(C)(=O)=O)cc1. The van der Waals surface area contributed by atoms with E-state index in [1.165, 1.54) is 0 Å². The third-order valence-corrected chi connectivity index (χ3v) is 4.74. The molecule has 28 heavy (non-hydrogen) atoms. The summed E-state index contributed by atoms with van der Waals surface area (Å²) < 4.78 is 31.0. The molecule has 0 spiro atoms. The van der Waals surface area contributed by atoms with Gasteiger partial charge < -0.3 is 15.0 Å². The highest BCUT2D eigenvalue weighted by Gasteiger charge is 2.14. The summed E-state index contributed by atoms with van der Waals surface area (Å²) in [5.41, 5.74) is 1.07. The van der Waals surface area contributed by atoms with Gasteiger partial charge >= 0.3 is 0 Å². The second-order valence-electron chi connectivity index (χ2n) is 6.27. The standard InChI is InChI=1S/C20H27N3O4S/c1-4-23(5-2)14-15-27-17-12-10-16(11-13-17)21-20(24)18-8-6-7-9-19(18)22-28(3,25)26/h6-13,22H,4-5,14-15H2,1-3H3,(H,21,24). The molecular weight excluding hydrogens is 378 g/mol. The number of likely N-dealkylation sites (N-methyl/N-ethyl adjacent to an activating group) is 1. The Morgan fingerprint density at radius 2 is 1.68 bits per heavy atom. The molecular formula is C20H27N3O4S. The van der Waals surface area contributed by atoms with Crippen molar-refractivity contribution in [2.24, 2.45) is 0 Å². The number of ether oxygens (including phenoxy) is 1. The Morgan fingerprint density at radius 3 is 2.29 bits per heavy atom. The van der Waals surface area contributed by atoms with Crippen molar-refractivity contribution < 1.29 is 17.9 Å². The third-order valence-electron chi connectivity index (χ3n) is 4.15. The molecule has 0 saturated carbocycles. The minimum absolute atomic E-state index is 0.235. The van der Waals surface area contributed by atoms with Crippen molar-refractivity contribution in [1.82, 2.24) is 4.90 Å². The molecule has 0 radical (unpaired) electrons. The first kappa shape index (κ1) is 21.7. The van der Waals surface area contributed by atoms with Crippen LogP contribution in [0.3, 0.4) is 0 Å². The van der Waals surface area contributed by atoms with Crippen molar-refractivity contribution in [3.05, 3.63) is 54.1 Å². The lowest BCUT2D eigenvalue weighted by Crippen LogP contribution is -2.27. The molecule has 0 bridgehead atoms. The van der Waals surface area contributed by atoms with Gasteiger partial charge in [-0.25, -0.2) is 8.42 Å². The fourth-order valence-corrected chi connectivity index (χ4v) is 3.21. The average Bonchev–Trinajstić information content (AvgIpc) is 2.65. The van der Waals surface area contributed by atoms with Gasteiger partial charge in [0.1, 0.15) is 12.4 Å². The van der Waals surface area contributed by atoms with Gasteiger partial charge in [0.2, 0.25) is 10.0 Å². The van der Waals surface area contributed by atoms with Crippen molar-refractivity contribution in [3.8, 4) is 5.75 Å². The first-order chi connectivity index (χ1) is 13.3. The van der Waals surface area contributed by atoms with Gasteiger partial charge in [-0.1, -0.05) is 26.0 Å². The summed E-state index contributed by atoms with van der Waals surface area (Å²) in [6.45, 7) is 7.66. The number of carbonyl (C=O) groups is 1. The van der Waals surface area contributed by atoms with E-state index < -0.39 is 15.9 Å². The van der Waals surface area contributed by atoms with Gasteiger partial charge in [-0.2, -0.15) is 0 Å². The van der Waals surface area contributed by atoms with E-state index in [-0.39, 0.29) is 11.3 Å². The summed E-state index contributed by atoms with van der Waals surface area (Å²) in [5.74, 6) is 0.325. The number of para-hydroxylation sites is 1. The number of nitrogens with one attached hydrogen (secondary N) is 2. The number of nitrogens with zero attached hydrogens (tertiary/aromatic N) is 1. The van der Waals surface area contributed by atoms with E-state index in [0.717, 1.165) is 31.6 Å². The van der Waals surface area contributed by atoms with Crippen LogP contribution < -0.4 is 14.8 Å². The molecule has 2 rings (SSSR count). The lowest BCUT2D eigenvalue weighted by atomic mass is 10.1. The molecule has 1 amide bonds. The van der Waals surface area contributed by atoms with Crippen molar-refractivity contribution in [2.45, 2.75) is 13.8 Å². The summed E-state index contributed by atoms with van der Waals surface area (Å²) in [5, 5.41) is 2.77. The monoisotopic (exact) mass is 405 g/mol. The van der Waals surface area contributed by atoms with E-state index in [1.54, 1.807) is 48.5 Å². The lowest BCUT2D eigenvalue weighted by Gasteiger charge is -2.18. The van der Waals surface area contributed by atoms with Gasteiger partial charge in [0, 0.05) is 12.2 Å². The smallest absolute Gasteiger partial charge is 0.257 e. The summed E-state index contributed by atoms with van der Waals surface area (Å²) in [6.07, 6.45) is 1.04. The van der Waals surface area contributed by atoms with Crippen LogP contribution in [0.15, 0.2) is 48.5 Å². The minimum atomic E-state index is -3.48. The number of sulfonamides is 1. The van der Waals surface area contributed by atoms with E-state index in [4.69, 9.17) is 4.74 Å². The van der Waals surface area contributed by atoms with Gasteiger partial charge in [-0.15, -0.1) is 0 Å². The van der Waals surface area contributed by atoms with Gasteiger partial charge in [-0.3, -0.25) is 9.52 Å². The molecule has 2 aromatic carbocycles. The Balaban J connectivity index is 1.98. The van der Waals surface area contributed by atoms with Gasteiger partial charge in [0.05, 0.1) is 17.5 Å². The highest BCUT2D eigenvalue weighted by atomic mass is 32.2. The highest BCUT2D eigenvalue weighted by molar-refractivity contribution is 7.92. The predicted molar refractivity (Wildman–Crippen MR) is 113 cm³/mol. The Bertz CT molecular complexity index is 879. The molecule has 2 aromatic rings. The zero-order valence-electron chi connectivity index (χ0n) is 16.4. The van der Waals surface area contributed by atoms with Crippen molar-refractivity contribution in [2.75, 3.05) is 42.5 Å². The van der Waals surface area contributed by atoms with Gasteiger partial charge in [-0.05, 0) is 49.5 Å². The summed E-state index contributed by atoms with van der Waals surface area (Å²) in [6, 6.07) is 13.5. The van der Waals surface area contributed by atoms with Crippen LogP contribution in [0.1, 0.15) is 24.2 Å². The van der Waals surface area contributed by atoms with E-state index in [2.05, 4.69) is 28.8 Å². The van der Waals surface area contributed by atoms with Crippen LogP contribution in [-0.4, -0.2) is 51.7 Å². The topological polar surface area (TPSA) is 87.7 Å². The van der Waals surface area contributed by atoms with Crippen molar-refractivity contribution in [3.63, 3.8) is 0 Å². The normalized spacial score (nSPS) is 11.3. The minimum Gasteiger partial charge on any atom is -0.492 e. The second kappa shape index (κ2) is 10.1. The maximum absolute atomic E-state index is 12.5. The number of rotatable bonds is 10. The van der Waals surface area contributed by atoms with Crippen LogP contribution in [0.4, 0.5) is 11.4 Å². The van der Waals surface area contributed by atoms with E-state index in [0.29, 0.717) is 12.3 Å². The summed E-state index contributed by atoms with van der Waals surface area (Å²) >= 11 is 0. The van der Waals surface area contributed by atoms with Crippen molar-refractivity contribution in [1.29, 1.82) is 0 Å². The molecule has 0 saturated heterocycles.